The average Bonchev–Trinajstić information content (AvgIpc) is 2.76. The van der Waals surface area contributed by atoms with Crippen LogP contribution < -0.4 is 5.32 Å². The van der Waals surface area contributed by atoms with Crippen LogP contribution in [-0.2, 0) is 0 Å². The second-order valence-corrected chi connectivity index (χ2v) is 4.21. The van der Waals surface area contributed by atoms with Crippen LogP contribution in [0.2, 0.25) is 0 Å². The van der Waals surface area contributed by atoms with Gasteiger partial charge in [-0.05, 0) is 44.6 Å². The molecule has 2 aliphatic rings. The van der Waals surface area contributed by atoms with Gasteiger partial charge in [-0.15, -0.1) is 0 Å². The lowest BCUT2D eigenvalue weighted by atomic mass is 9.87. The van der Waals surface area contributed by atoms with Crippen molar-refractivity contribution in [2.24, 2.45) is 5.92 Å². The van der Waals surface area contributed by atoms with Crippen LogP contribution in [0.3, 0.4) is 0 Å². The van der Waals surface area contributed by atoms with Gasteiger partial charge in [0.05, 0.1) is 0 Å². The summed E-state index contributed by atoms with van der Waals surface area (Å²) in [4.78, 5) is 0. The van der Waals surface area contributed by atoms with E-state index in [1.807, 2.05) is 0 Å². The minimum atomic E-state index is 0.606. The minimum Gasteiger partial charge on any atom is -0.311 e. The maximum absolute atomic E-state index is 3.73. The van der Waals surface area contributed by atoms with E-state index in [-0.39, 0.29) is 0 Å². The molecule has 1 heterocycles. The molecule has 1 saturated carbocycles. The molecule has 0 aromatic heterocycles. The molecule has 2 rings (SSSR count). The lowest BCUT2D eigenvalue weighted by molar-refractivity contribution is 0.299. The second-order valence-electron chi connectivity index (χ2n) is 4.21. The second kappa shape index (κ2) is 2.78. The van der Waals surface area contributed by atoms with Gasteiger partial charge >= 0.3 is 0 Å². The predicted octanol–water partition coefficient (Wildman–Crippen LogP) is 2.32. The van der Waals surface area contributed by atoms with Crippen LogP contribution in [0.15, 0.2) is 0 Å². The van der Waals surface area contributed by atoms with Gasteiger partial charge in [-0.3, -0.25) is 0 Å². The van der Waals surface area contributed by atoms with Crippen LogP contribution in [-0.4, -0.2) is 12.1 Å². The highest BCUT2D eigenvalue weighted by atomic mass is 15.0. The molecule has 1 aliphatic heterocycles. The van der Waals surface area contributed by atoms with E-state index in [1.54, 1.807) is 0 Å². The molecule has 1 unspecified atom stereocenters. The zero-order chi connectivity index (χ0) is 7.73. The summed E-state index contributed by atoms with van der Waals surface area (Å²) in [5.41, 5.74) is 0.606. The molecule has 2 fully saturated rings. The van der Waals surface area contributed by atoms with Crippen molar-refractivity contribution in [3.05, 3.63) is 0 Å². The Morgan fingerprint density at radius 2 is 2.27 bits per heavy atom. The van der Waals surface area contributed by atoms with E-state index in [1.165, 1.54) is 45.1 Å². The van der Waals surface area contributed by atoms with Crippen molar-refractivity contribution in [1.82, 2.24) is 5.32 Å². The van der Waals surface area contributed by atoms with E-state index in [9.17, 15) is 0 Å². The maximum Gasteiger partial charge on any atom is 0.0210 e. The van der Waals surface area contributed by atoms with Crippen molar-refractivity contribution >= 4 is 0 Å². The Kier molecular flexibility index (Phi) is 1.92. The summed E-state index contributed by atoms with van der Waals surface area (Å²) in [7, 11) is 0. The van der Waals surface area contributed by atoms with E-state index >= 15 is 0 Å². The quantitative estimate of drug-likeness (QED) is 0.656. The van der Waals surface area contributed by atoms with Gasteiger partial charge in [-0.25, -0.2) is 0 Å². The van der Waals surface area contributed by atoms with Gasteiger partial charge in [0.1, 0.15) is 0 Å². The molecule has 0 amide bonds. The topological polar surface area (TPSA) is 12.0 Å². The smallest absolute Gasteiger partial charge is 0.0210 e. The average molecular weight is 153 g/mol. The molecule has 0 radical (unpaired) electrons. The first-order valence-corrected chi connectivity index (χ1v) is 5.12. The molecule has 1 N–H and O–H groups in total. The van der Waals surface area contributed by atoms with E-state index in [4.69, 9.17) is 0 Å². The third-order valence-electron chi connectivity index (χ3n) is 3.33. The lowest BCUT2D eigenvalue weighted by Crippen LogP contribution is -2.41. The van der Waals surface area contributed by atoms with Gasteiger partial charge in [-0.1, -0.05) is 13.3 Å². The number of nitrogens with one attached hydrogen (secondary N) is 1. The maximum atomic E-state index is 3.73. The largest absolute Gasteiger partial charge is 0.311 e. The van der Waals surface area contributed by atoms with Crippen LogP contribution in [0, 0.1) is 5.92 Å². The fourth-order valence-electron chi connectivity index (χ4n) is 2.68. The Labute approximate surface area is 69.6 Å². The first-order chi connectivity index (χ1) is 5.37. The molecule has 0 aromatic rings. The Balaban J connectivity index is 1.99. The van der Waals surface area contributed by atoms with Crippen LogP contribution in [0.5, 0.6) is 0 Å². The van der Waals surface area contributed by atoms with E-state index in [0.29, 0.717) is 5.54 Å². The third kappa shape index (κ3) is 1.31. The van der Waals surface area contributed by atoms with Gasteiger partial charge in [-0.2, -0.15) is 0 Å². The van der Waals surface area contributed by atoms with Crippen molar-refractivity contribution in [2.75, 3.05) is 6.54 Å². The fourth-order valence-corrected chi connectivity index (χ4v) is 2.68. The van der Waals surface area contributed by atoms with Crippen LogP contribution in [0.1, 0.15) is 45.4 Å². The normalized spacial score (nSPS) is 37.9. The minimum absolute atomic E-state index is 0.606. The highest BCUT2D eigenvalue weighted by Crippen LogP contribution is 2.46. The summed E-state index contributed by atoms with van der Waals surface area (Å²) in [6.45, 7) is 3.58. The Hall–Kier alpha value is -0.0400. The van der Waals surface area contributed by atoms with E-state index < -0.39 is 0 Å². The van der Waals surface area contributed by atoms with Crippen LogP contribution in [0.4, 0.5) is 0 Å². The van der Waals surface area contributed by atoms with Gasteiger partial charge in [0.25, 0.3) is 0 Å². The molecule has 0 spiro atoms. The van der Waals surface area contributed by atoms with E-state index in [2.05, 4.69) is 12.2 Å². The molecule has 1 aliphatic carbocycles. The molecule has 0 bridgehead atoms. The van der Waals surface area contributed by atoms with Crippen molar-refractivity contribution in [2.45, 2.75) is 51.0 Å². The predicted molar refractivity (Wildman–Crippen MR) is 47.6 cm³/mol. The van der Waals surface area contributed by atoms with Crippen molar-refractivity contribution in [3.8, 4) is 0 Å². The molecule has 1 saturated heterocycles. The molecule has 1 atom stereocenters. The fraction of sp³-hybridized carbons (Fsp3) is 1.00. The molecule has 1 nitrogen and oxygen atoms in total. The van der Waals surface area contributed by atoms with Gasteiger partial charge < -0.3 is 5.32 Å². The first-order valence-electron chi connectivity index (χ1n) is 5.12. The molecule has 64 valence electrons. The molecular formula is C10H19N. The molecule has 0 aromatic carbocycles. The standard InChI is InChI=1S/C10H19N/c1-2-6-10(9-4-5-9)7-3-8-11-10/h9,11H,2-8H2,1H3. The van der Waals surface area contributed by atoms with Crippen molar-refractivity contribution in [1.29, 1.82) is 0 Å². The molecule has 1 heteroatoms. The first kappa shape index (κ1) is 7.60. The van der Waals surface area contributed by atoms with E-state index in [0.717, 1.165) is 5.92 Å². The summed E-state index contributed by atoms with van der Waals surface area (Å²) in [6.07, 6.45) is 8.61. The Morgan fingerprint density at radius 1 is 1.45 bits per heavy atom. The van der Waals surface area contributed by atoms with Crippen LogP contribution in [0.25, 0.3) is 0 Å². The van der Waals surface area contributed by atoms with Crippen LogP contribution >= 0.6 is 0 Å². The number of hydrogen-bond acceptors (Lipinski definition) is 1. The van der Waals surface area contributed by atoms with Gasteiger partial charge in [0.15, 0.2) is 0 Å². The molecular weight excluding hydrogens is 134 g/mol. The third-order valence-corrected chi connectivity index (χ3v) is 3.33. The number of hydrogen-bond donors (Lipinski definition) is 1. The summed E-state index contributed by atoms with van der Waals surface area (Å²) in [5, 5.41) is 3.73. The summed E-state index contributed by atoms with van der Waals surface area (Å²) in [6, 6.07) is 0. The van der Waals surface area contributed by atoms with Crippen molar-refractivity contribution < 1.29 is 0 Å². The van der Waals surface area contributed by atoms with Crippen molar-refractivity contribution in [3.63, 3.8) is 0 Å². The number of rotatable bonds is 3. The molecule has 11 heavy (non-hydrogen) atoms. The monoisotopic (exact) mass is 153 g/mol. The Bertz CT molecular complexity index is 132. The highest BCUT2D eigenvalue weighted by molar-refractivity contribution is 5.03. The zero-order valence-corrected chi connectivity index (χ0v) is 7.53. The summed E-state index contributed by atoms with van der Waals surface area (Å²) in [5.74, 6) is 1.05. The Morgan fingerprint density at radius 3 is 2.73 bits per heavy atom. The van der Waals surface area contributed by atoms with Gasteiger partial charge in [0.2, 0.25) is 0 Å². The SMILES string of the molecule is CCCC1(C2CC2)CCCN1. The summed E-state index contributed by atoms with van der Waals surface area (Å²) >= 11 is 0. The van der Waals surface area contributed by atoms with Gasteiger partial charge in [0, 0.05) is 5.54 Å². The highest BCUT2D eigenvalue weighted by Gasteiger charge is 2.45. The zero-order valence-electron chi connectivity index (χ0n) is 7.53. The lowest BCUT2D eigenvalue weighted by Gasteiger charge is -2.29. The summed E-state index contributed by atoms with van der Waals surface area (Å²) < 4.78 is 0.